The molecule has 2 aromatic rings. The molecule has 0 spiro atoms. The highest BCUT2D eigenvalue weighted by Gasteiger charge is 2.06. The van der Waals surface area contributed by atoms with Crippen molar-refractivity contribution in [2.24, 2.45) is 0 Å². The molecule has 1 aromatic heterocycles. The molecule has 0 saturated carbocycles. The van der Waals surface area contributed by atoms with Gasteiger partial charge in [0.15, 0.2) is 0 Å². The second kappa shape index (κ2) is 9.75. The first kappa shape index (κ1) is 18.9. The second-order valence-corrected chi connectivity index (χ2v) is 6.01. The molecule has 2 rings (SSSR count). The first-order valence-electron chi connectivity index (χ1n) is 7.61. The van der Waals surface area contributed by atoms with Crippen LogP contribution in [0.3, 0.4) is 0 Å². The maximum absolute atomic E-state index is 11.9. The first-order chi connectivity index (χ1) is 12.1. The third-order valence-electron chi connectivity index (χ3n) is 3.18. The van der Waals surface area contributed by atoms with Gasteiger partial charge < -0.3 is 20.7 Å². The van der Waals surface area contributed by atoms with Gasteiger partial charge in [0.2, 0.25) is 5.91 Å². The summed E-state index contributed by atoms with van der Waals surface area (Å²) in [6.45, 7) is 0.959. The zero-order valence-electron chi connectivity index (χ0n) is 13.7. The van der Waals surface area contributed by atoms with E-state index in [1.807, 2.05) is 12.1 Å². The summed E-state index contributed by atoms with van der Waals surface area (Å²) >= 11 is 3.34. The van der Waals surface area contributed by atoms with Crippen molar-refractivity contribution in [3.05, 3.63) is 52.6 Å². The molecule has 8 heteroatoms. The lowest BCUT2D eigenvalue weighted by molar-refractivity contribution is -0.114. The van der Waals surface area contributed by atoms with Crippen LogP contribution in [-0.4, -0.2) is 43.6 Å². The number of pyridine rings is 1. The number of hydrogen-bond donors (Lipinski definition) is 3. The van der Waals surface area contributed by atoms with Gasteiger partial charge in [-0.1, -0.05) is 15.9 Å². The summed E-state index contributed by atoms with van der Waals surface area (Å²) < 4.78 is 5.81. The zero-order chi connectivity index (χ0) is 18.1. The smallest absolute Gasteiger partial charge is 0.252 e. The van der Waals surface area contributed by atoms with Crippen molar-refractivity contribution in [1.82, 2.24) is 10.3 Å². The van der Waals surface area contributed by atoms with E-state index in [1.54, 1.807) is 31.4 Å². The van der Waals surface area contributed by atoms with Crippen LogP contribution in [0.1, 0.15) is 10.4 Å². The van der Waals surface area contributed by atoms with Gasteiger partial charge in [-0.25, -0.2) is 4.98 Å². The predicted octanol–water partition coefficient (Wildman–Crippen LogP) is 2.27. The molecule has 0 aliphatic heterocycles. The summed E-state index contributed by atoms with van der Waals surface area (Å²) in [6.07, 6.45) is 1.46. The number of hydrogen-bond acceptors (Lipinski definition) is 5. The van der Waals surface area contributed by atoms with Crippen molar-refractivity contribution in [3.8, 4) is 0 Å². The molecule has 1 heterocycles. The molecule has 0 unspecified atom stereocenters. The summed E-state index contributed by atoms with van der Waals surface area (Å²) in [7, 11) is 1.57. The average Bonchev–Trinajstić information content (AvgIpc) is 2.62. The summed E-state index contributed by atoms with van der Waals surface area (Å²) in [5, 5.41) is 8.39. The number of nitrogens with one attached hydrogen (secondary N) is 3. The first-order valence-corrected chi connectivity index (χ1v) is 8.40. The molecule has 0 saturated heterocycles. The van der Waals surface area contributed by atoms with Gasteiger partial charge in [-0.3, -0.25) is 9.59 Å². The van der Waals surface area contributed by atoms with Gasteiger partial charge in [-0.2, -0.15) is 0 Å². The number of amides is 2. The zero-order valence-corrected chi connectivity index (χ0v) is 15.3. The molecule has 0 fully saturated rings. The van der Waals surface area contributed by atoms with E-state index in [-0.39, 0.29) is 18.4 Å². The standard InChI is InChI=1S/C17H19BrN4O3/c1-25-9-8-19-17(24)12-2-7-15(20-10-12)21-11-16(23)22-14-5-3-13(18)4-6-14/h2-7,10H,8-9,11H2,1H3,(H,19,24)(H,20,21)(H,22,23). The summed E-state index contributed by atoms with van der Waals surface area (Å²) in [4.78, 5) is 27.9. The highest BCUT2D eigenvalue weighted by atomic mass is 79.9. The van der Waals surface area contributed by atoms with Gasteiger partial charge in [-0.05, 0) is 36.4 Å². The van der Waals surface area contributed by atoms with E-state index in [4.69, 9.17) is 4.74 Å². The normalized spacial score (nSPS) is 10.2. The van der Waals surface area contributed by atoms with Crippen molar-refractivity contribution in [1.29, 1.82) is 0 Å². The topological polar surface area (TPSA) is 92.4 Å². The Kier molecular flexibility index (Phi) is 7.36. The Balaban J connectivity index is 1.79. The second-order valence-electron chi connectivity index (χ2n) is 5.09. The number of aromatic nitrogens is 1. The number of carbonyl (C=O) groups is 2. The predicted molar refractivity (Wildman–Crippen MR) is 99.7 cm³/mol. The molecular formula is C17H19BrN4O3. The van der Waals surface area contributed by atoms with Crippen LogP contribution in [0.4, 0.5) is 11.5 Å². The Hall–Kier alpha value is -2.45. The fourth-order valence-electron chi connectivity index (χ4n) is 1.91. The fourth-order valence-corrected chi connectivity index (χ4v) is 2.18. The Bertz CT molecular complexity index is 705. The van der Waals surface area contributed by atoms with Crippen molar-refractivity contribution in [2.75, 3.05) is 37.4 Å². The van der Waals surface area contributed by atoms with Crippen LogP contribution < -0.4 is 16.0 Å². The lowest BCUT2D eigenvalue weighted by Gasteiger charge is -2.08. The number of nitrogens with zero attached hydrogens (tertiary/aromatic N) is 1. The molecule has 7 nitrogen and oxygen atoms in total. The molecule has 25 heavy (non-hydrogen) atoms. The molecule has 2 amide bonds. The van der Waals surface area contributed by atoms with E-state index in [0.29, 0.717) is 30.2 Å². The van der Waals surface area contributed by atoms with Crippen molar-refractivity contribution in [3.63, 3.8) is 0 Å². The molecular weight excluding hydrogens is 388 g/mol. The van der Waals surface area contributed by atoms with Crippen LogP contribution in [0.2, 0.25) is 0 Å². The van der Waals surface area contributed by atoms with E-state index < -0.39 is 0 Å². The van der Waals surface area contributed by atoms with Crippen LogP contribution in [0.5, 0.6) is 0 Å². The van der Waals surface area contributed by atoms with Crippen LogP contribution in [0.15, 0.2) is 47.1 Å². The van der Waals surface area contributed by atoms with Gasteiger partial charge in [0, 0.05) is 30.0 Å². The van der Waals surface area contributed by atoms with E-state index >= 15 is 0 Å². The third kappa shape index (κ3) is 6.52. The Morgan fingerprint density at radius 1 is 1.16 bits per heavy atom. The van der Waals surface area contributed by atoms with Gasteiger partial charge in [0.1, 0.15) is 5.82 Å². The van der Waals surface area contributed by atoms with Crippen LogP contribution in [0, 0.1) is 0 Å². The highest BCUT2D eigenvalue weighted by Crippen LogP contribution is 2.14. The Morgan fingerprint density at radius 3 is 2.56 bits per heavy atom. The number of carbonyl (C=O) groups excluding carboxylic acids is 2. The Labute approximate surface area is 154 Å². The number of methoxy groups -OCH3 is 1. The highest BCUT2D eigenvalue weighted by molar-refractivity contribution is 9.10. The van der Waals surface area contributed by atoms with E-state index in [9.17, 15) is 9.59 Å². The number of anilines is 2. The molecule has 1 aromatic carbocycles. The molecule has 132 valence electrons. The SMILES string of the molecule is COCCNC(=O)c1ccc(NCC(=O)Nc2ccc(Br)cc2)nc1. The lowest BCUT2D eigenvalue weighted by Crippen LogP contribution is -2.27. The summed E-state index contributed by atoms with van der Waals surface area (Å²) in [5.41, 5.74) is 1.16. The largest absolute Gasteiger partial charge is 0.383 e. The van der Waals surface area contributed by atoms with Gasteiger partial charge in [-0.15, -0.1) is 0 Å². The number of rotatable bonds is 8. The van der Waals surface area contributed by atoms with Crippen molar-refractivity contribution < 1.29 is 14.3 Å². The van der Waals surface area contributed by atoms with Crippen molar-refractivity contribution in [2.45, 2.75) is 0 Å². The summed E-state index contributed by atoms with van der Waals surface area (Å²) in [5.74, 6) is 0.106. The quantitative estimate of drug-likeness (QED) is 0.584. The van der Waals surface area contributed by atoms with Crippen LogP contribution in [0.25, 0.3) is 0 Å². The summed E-state index contributed by atoms with van der Waals surface area (Å²) in [6, 6.07) is 10.6. The average molecular weight is 407 g/mol. The van der Waals surface area contributed by atoms with Gasteiger partial charge in [0.25, 0.3) is 5.91 Å². The number of halogens is 1. The van der Waals surface area contributed by atoms with Gasteiger partial charge >= 0.3 is 0 Å². The maximum Gasteiger partial charge on any atom is 0.252 e. The number of benzene rings is 1. The van der Waals surface area contributed by atoms with E-state index in [2.05, 4.69) is 36.9 Å². The van der Waals surface area contributed by atoms with Crippen molar-refractivity contribution >= 4 is 39.2 Å². The monoisotopic (exact) mass is 406 g/mol. The van der Waals surface area contributed by atoms with E-state index in [1.165, 1.54) is 6.20 Å². The molecule has 0 aliphatic carbocycles. The molecule has 3 N–H and O–H groups in total. The molecule has 0 radical (unpaired) electrons. The third-order valence-corrected chi connectivity index (χ3v) is 3.70. The Morgan fingerprint density at radius 2 is 1.92 bits per heavy atom. The molecule has 0 aliphatic rings. The minimum atomic E-state index is -0.218. The fraction of sp³-hybridized carbons (Fsp3) is 0.235. The molecule has 0 atom stereocenters. The number of ether oxygens (including phenoxy) is 1. The van der Waals surface area contributed by atoms with Crippen LogP contribution >= 0.6 is 15.9 Å². The van der Waals surface area contributed by atoms with Gasteiger partial charge in [0.05, 0.1) is 18.7 Å². The van der Waals surface area contributed by atoms with Crippen LogP contribution in [-0.2, 0) is 9.53 Å². The van der Waals surface area contributed by atoms with E-state index in [0.717, 1.165) is 4.47 Å². The lowest BCUT2D eigenvalue weighted by atomic mass is 10.2. The molecule has 0 bridgehead atoms. The minimum absolute atomic E-state index is 0.0719. The maximum atomic E-state index is 11.9. The minimum Gasteiger partial charge on any atom is -0.383 e.